The number of carboxylic acids is 1. The third-order valence-electron chi connectivity index (χ3n) is 3.63. The number of carbonyl (C=O) groups is 2. The van der Waals surface area contributed by atoms with E-state index >= 15 is 0 Å². The molecule has 0 aromatic rings. The molecule has 0 aromatic carbocycles. The zero-order chi connectivity index (χ0) is 17.0. The Balaban J connectivity index is 3.58. The molecule has 0 N–H and O–H groups in total. The van der Waals surface area contributed by atoms with Gasteiger partial charge in [0.15, 0.2) is 0 Å². The lowest BCUT2D eigenvalue weighted by atomic mass is 10.1. The van der Waals surface area contributed by atoms with Crippen LogP contribution in [0.2, 0.25) is 0 Å². The van der Waals surface area contributed by atoms with E-state index in [2.05, 4.69) is 20.7 Å². The Morgan fingerprint density at radius 3 is 2.14 bits per heavy atom. The van der Waals surface area contributed by atoms with Crippen LogP contribution in [0.25, 0.3) is 0 Å². The highest BCUT2D eigenvalue weighted by atomic mass is 16.5. The summed E-state index contributed by atoms with van der Waals surface area (Å²) in [7, 11) is 4.35. The van der Waals surface area contributed by atoms with Crippen molar-refractivity contribution in [2.45, 2.75) is 51.9 Å². The molecule has 0 unspecified atom stereocenters. The molecule has 0 spiro atoms. The average Bonchev–Trinajstić information content (AvgIpc) is 2.41. The van der Waals surface area contributed by atoms with E-state index < -0.39 is 5.97 Å². The van der Waals surface area contributed by atoms with Crippen molar-refractivity contribution in [2.24, 2.45) is 0 Å². The highest BCUT2D eigenvalue weighted by Gasteiger charge is 2.14. The average molecular weight is 313 g/mol. The van der Waals surface area contributed by atoms with Crippen LogP contribution in [0.15, 0.2) is 12.2 Å². The molecule has 0 bridgehead atoms. The maximum absolute atomic E-state index is 11.2. The number of ether oxygens (including phenoxy) is 1. The second kappa shape index (κ2) is 11.2. The van der Waals surface area contributed by atoms with E-state index in [1.165, 1.54) is 0 Å². The predicted octanol–water partition coefficient (Wildman–Crippen LogP) is 1.66. The fourth-order valence-electron chi connectivity index (χ4n) is 2.23. The lowest BCUT2D eigenvalue weighted by Crippen LogP contribution is -2.41. The minimum Gasteiger partial charge on any atom is -0.550 e. The van der Waals surface area contributed by atoms with Crippen LogP contribution in [0, 0.1) is 0 Å². The Morgan fingerprint density at radius 2 is 1.55 bits per heavy atom. The zero-order valence-electron chi connectivity index (χ0n) is 14.4. The van der Waals surface area contributed by atoms with Crippen LogP contribution in [0.4, 0.5) is 0 Å². The van der Waals surface area contributed by atoms with Crippen molar-refractivity contribution >= 4 is 11.9 Å². The highest BCUT2D eigenvalue weighted by molar-refractivity contribution is 5.86. The van der Waals surface area contributed by atoms with Crippen molar-refractivity contribution in [3.63, 3.8) is 0 Å². The van der Waals surface area contributed by atoms with Crippen molar-refractivity contribution in [1.29, 1.82) is 0 Å². The van der Waals surface area contributed by atoms with E-state index in [1.54, 1.807) is 6.92 Å². The highest BCUT2D eigenvalue weighted by Crippen LogP contribution is 2.09. The summed E-state index contributed by atoms with van der Waals surface area (Å²) in [6.07, 6.45) is 6.02. The molecule has 128 valence electrons. The lowest BCUT2D eigenvalue weighted by molar-refractivity contribution is -0.890. The van der Waals surface area contributed by atoms with Crippen LogP contribution < -0.4 is 5.11 Å². The van der Waals surface area contributed by atoms with E-state index in [0.29, 0.717) is 18.6 Å². The fourth-order valence-corrected chi connectivity index (χ4v) is 2.23. The van der Waals surface area contributed by atoms with Gasteiger partial charge < -0.3 is 19.1 Å². The topological polar surface area (TPSA) is 66.4 Å². The molecule has 0 saturated heterocycles. The van der Waals surface area contributed by atoms with Gasteiger partial charge in [0.05, 0.1) is 33.8 Å². The predicted molar refractivity (Wildman–Crippen MR) is 84.9 cm³/mol. The molecule has 22 heavy (non-hydrogen) atoms. The molecular formula is C17H31NO4. The molecule has 0 atom stereocenters. The largest absolute Gasteiger partial charge is 0.550 e. The van der Waals surface area contributed by atoms with E-state index in [1.807, 2.05) is 0 Å². The third-order valence-corrected chi connectivity index (χ3v) is 3.63. The molecule has 5 nitrogen and oxygen atoms in total. The smallest absolute Gasteiger partial charge is 0.333 e. The summed E-state index contributed by atoms with van der Waals surface area (Å²) in [5.74, 6) is -1.27. The van der Waals surface area contributed by atoms with Crippen molar-refractivity contribution in [3.8, 4) is 0 Å². The van der Waals surface area contributed by atoms with Gasteiger partial charge in [0.25, 0.3) is 0 Å². The van der Waals surface area contributed by atoms with Crippen LogP contribution in [-0.4, -0.2) is 50.2 Å². The van der Waals surface area contributed by atoms with Gasteiger partial charge in [0.2, 0.25) is 0 Å². The number of quaternary nitrogens is 1. The maximum Gasteiger partial charge on any atom is 0.333 e. The normalized spacial score (nSPS) is 11.2. The minimum atomic E-state index is -0.954. The number of esters is 1. The van der Waals surface area contributed by atoms with Gasteiger partial charge in [-0.15, -0.1) is 0 Å². The Labute approximate surface area is 134 Å². The van der Waals surface area contributed by atoms with E-state index in [0.717, 1.165) is 49.7 Å². The van der Waals surface area contributed by atoms with Gasteiger partial charge >= 0.3 is 5.97 Å². The molecule has 0 radical (unpaired) electrons. The standard InChI is InChI=1S/C17H31NO4/c1-15(2)17(21)22-14-10-13-18(3,4)12-9-7-5-6-8-11-16(19)20/h1,5-14H2,2-4H3. The Hall–Kier alpha value is -1.36. The number of carbonyl (C=O) groups excluding carboxylic acids is 2. The van der Waals surface area contributed by atoms with Gasteiger partial charge in [-0.1, -0.05) is 19.4 Å². The number of rotatable bonds is 13. The summed E-state index contributed by atoms with van der Waals surface area (Å²) in [5.41, 5.74) is 0.437. The van der Waals surface area contributed by atoms with Crippen molar-refractivity contribution in [3.05, 3.63) is 12.2 Å². The van der Waals surface area contributed by atoms with Gasteiger partial charge in [-0.3, -0.25) is 0 Å². The van der Waals surface area contributed by atoms with E-state index in [9.17, 15) is 14.7 Å². The molecule has 0 amide bonds. The first kappa shape index (κ1) is 20.6. The van der Waals surface area contributed by atoms with Crippen LogP contribution in [0.5, 0.6) is 0 Å². The molecule has 0 heterocycles. The molecular weight excluding hydrogens is 282 g/mol. The number of unbranched alkanes of at least 4 members (excludes halogenated alkanes) is 4. The number of hydrogen-bond acceptors (Lipinski definition) is 4. The van der Waals surface area contributed by atoms with Gasteiger partial charge in [-0.2, -0.15) is 0 Å². The number of hydrogen-bond donors (Lipinski definition) is 0. The van der Waals surface area contributed by atoms with Gasteiger partial charge in [-0.25, -0.2) is 4.79 Å². The Kier molecular flexibility index (Phi) is 10.5. The molecule has 0 aromatic heterocycles. The molecule has 0 aliphatic rings. The first-order valence-electron chi connectivity index (χ1n) is 8.09. The SMILES string of the molecule is C=C(C)C(=O)OCCC[N+](C)(C)CCCCCCCC(=O)[O-]. The summed E-state index contributed by atoms with van der Waals surface area (Å²) in [6.45, 7) is 7.68. The molecule has 0 saturated carbocycles. The second-order valence-corrected chi connectivity index (χ2v) is 6.54. The summed E-state index contributed by atoms with van der Waals surface area (Å²) >= 11 is 0. The molecule has 0 rings (SSSR count). The molecule has 0 aliphatic carbocycles. The van der Waals surface area contributed by atoms with Crippen LogP contribution in [-0.2, 0) is 14.3 Å². The maximum atomic E-state index is 11.2. The quantitative estimate of drug-likeness (QED) is 0.224. The molecule has 0 aliphatic heterocycles. The second-order valence-electron chi connectivity index (χ2n) is 6.54. The van der Waals surface area contributed by atoms with E-state index in [-0.39, 0.29) is 12.4 Å². The van der Waals surface area contributed by atoms with Crippen molar-refractivity contribution in [2.75, 3.05) is 33.8 Å². The van der Waals surface area contributed by atoms with Crippen LogP contribution in [0.3, 0.4) is 0 Å². The first-order chi connectivity index (χ1) is 10.2. The van der Waals surface area contributed by atoms with Gasteiger partial charge in [0, 0.05) is 18.0 Å². The lowest BCUT2D eigenvalue weighted by Gasteiger charge is -2.29. The fraction of sp³-hybridized carbons (Fsp3) is 0.765. The number of carboxylic acid groups (broad SMARTS) is 1. The minimum absolute atomic E-state index is 0.171. The summed E-state index contributed by atoms with van der Waals surface area (Å²) in [4.78, 5) is 21.5. The van der Waals surface area contributed by atoms with Crippen molar-refractivity contribution < 1.29 is 23.9 Å². The van der Waals surface area contributed by atoms with Gasteiger partial charge in [0.1, 0.15) is 0 Å². The Morgan fingerprint density at radius 1 is 1.00 bits per heavy atom. The Bertz CT molecular complexity index is 364. The zero-order valence-corrected chi connectivity index (χ0v) is 14.4. The summed E-state index contributed by atoms with van der Waals surface area (Å²) in [5, 5.41) is 10.3. The summed E-state index contributed by atoms with van der Waals surface area (Å²) < 4.78 is 5.99. The first-order valence-corrected chi connectivity index (χ1v) is 8.09. The van der Waals surface area contributed by atoms with Crippen LogP contribution in [0.1, 0.15) is 51.9 Å². The third kappa shape index (κ3) is 12.4. The van der Waals surface area contributed by atoms with E-state index in [4.69, 9.17) is 4.74 Å². The van der Waals surface area contributed by atoms with Crippen LogP contribution >= 0.6 is 0 Å². The number of nitrogens with zero attached hydrogens (tertiary/aromatic N) is 1. The summed E-state index contributed by atoms with van der Waals surface area (Å²) in [6, 6.07) is 0. The van der Waals surface area contributed by atoms with Gasteiger partial charge in [-0.05, 0) is 32.6 Å². The molecule has 0 fully saturated rings. The van der Waals surface area contributed by atoms with Crippen molar-refractivity contribution in [1.82, 2.24) is 0 Å². The molecule has 5 heteroatoms. The number of aliphatic carboxylic acids is 1. The monoisotopic (exact) mass is 313 g/mol.